The molecule has 134 valence electrons. The van der Waals surface area contributed by atoms with E-state index in [9.17, 15) is 4.79 Å². The number of amides is 1. The summed E-state index contributed by atoms with van der Waals surface area (Å²) in [5.41, 5.74) is 4.40. The van der Waals surface area contributed by atoms with E-state index in [-0.39, 0.29) is 11.9 Å². The van der Waals surface area contributed by atoms with Crippen LogP contribution in [0, 0.1) is 0 Å². The highest BCUT2D eigenvalue weighted by Crippen LogP contribution is 2.38. The van der Waals surface area contributed by atoms with Gasteiger partial charge < -0.3 is 4.90 Å². The van der Waals surface area contributed by atoms with Crippen molar-refractivity contribution in [1.82, 2.24) is 4.90 Å². The van der Waals surface area contributed by atoms with Crippen molar-refractivity contribution in [2.45, 2.75) is 12.5 Å². The van der Waals surface area contributed by atoms with Gasteiger partial charge in [-0.15, -0.1) is 0 Å². The minimum Gasteiger partial charge on any atom is -0.328 e. The number of halogens is 1. The topological polar surface area (TPSA) is 20.3 Å². The van der Waals surface area contributed by atoms with Crippen LogP contribution in [0.15, 0.2) is 84.9 Å². The molecule has 27 heavy (non-hydrogen) atoms. The van der Waals surface area contributed by atoms with Gasteiger partial charge in [-0.1, -0.05) is 84.4 Å². The molecule has 0 saturated heterocycles. The Labute approximate surface area is 164 Å². The second-order valence-electron chi connectivity index (χ2n) is 6.65. The first-order valence-corrected chi connectivity index (χ1v) is 9.48. The average molecular weight is 374 g/mol. The summed E-state index contributed by atoms with van der Waals surface area (Å²) in [6.07, 6.45) is 4.38. The molecular weight excluding hydrogens is 354 g/mol. The van der Waals surface area contributed by atoms with E-state index in [4.69, 9.17) is 11.6 Å². The summed E-state index contributed by atoms with van der Waals surface area (Å²) < 4.78 is 0. The lowest BCUT2D eigenvalue weighted by atomic mass is 9.88. The maximum absolute atomic E-state index is 13.1. The lowest BCUT2D eigenvalue weighted by molar-refractivity contribution is -0.127. The first-order valence-electron chi connectivity index (χ1n) is 9.10. The molecule has 0 aromatic heterocycles. The van der Waals surface area contributed by atoms with Crippen LogP contribution in [0.5, 0.6) is 0 Å². The summed E-state index contributed by atoms with van der Waals surface area (Å²) in [6.45, 7) is 0.671. The highest BCUT2D eigenvalue weighted by Gasteiger charge is 2.31. The molecular formula is C24H20ClNO. The van der Waals surface area contributed by atoms with Crippen molar-refractivity contribution in [2.75, 3.05) is 6.54 Å². The van der Waals surface area contributed by atoms with E-state index >= 15 is 0 Å². The molecule has 0 aliphatic carbocycles. The first-order chi connectivity index (χ1) is 13.2. The molecule has 0 N–H and O–H groups in total. The Kier molecular flexibility index (Phi) is 5.08. The minimum atomic E-state index is -0.170. The molecule has 1 heterocycles. The number of rotatable bonds is 3. The molecule has 3 heteroatoms. The highest BCUT2D eigenvalue weighted by atomic mass is 35.5. The van der Waals surface area contributed by atoms with Gasteiger partial charge in [-0.25, -0.2) is 0 Å². The molecule has 1 unspecified atom stereocenters. The van der Waals surface area contributed by atoms with Crippen LogP contribution >= 0.6 is 11.6 Å². The summed E-state index contributed by atoms with van der Waals surface area (Å²) in [7, 11) is 0. The quantitative estimate of drug-likeness (QED) is 0.553. The average Bonchev–Trinajstić information content (AvgIpc) is 2.72. The summed E-state index contributed by atoms with van der Waals surface area (Å²) in [4.78, 5) is 15.0. The SMILES string of the molecule is O=C(/C=C/c1ccccc1)N1CCc2ccccc2C1c1ccccc1Cl. The van der Waals surface area contributed by atoms with Gasteiger partial charge in [0.15, 0.2) is 0 Å². The fourth-order valence-corrected chi connectivity index (χ4v) is 3.90. The van der Waals surface area contributed by atoms with Gasteiger partial charge in [0.1, 0.15) is 0 Å². The minimum absolute atomic E-state index is 0.00160. The van der Waals surface area contributed by atoms with E-state index in [1.807, 2.05) is 71.6 Å². The van der Waals surface area contributed by atoms with E-state index in [2.05, 4.69) is 18.2 Å². The third-order valence-corrected chi connectivity index (χ3v) is 5.33. The Morgan fingerprint density at radius 1 is 0.889 bits per heavy atom. The van der Waals surface area contributed by atoms with Crippen molar-refractivity contribution < 1.29 is 4.79 Å². The van der Waals surface area contributed by atoms with Crippen molar-refractivity contribution in [2.24, 2.45) is 0 Å². The lowest BCUT2D eigenvalue weighted by Crippen LogP contribution is -2.39. The predicted molar refractivity (Wildman–Crippen MR) is 111 cm³/mol. The molecule has 1 amide bonds. The normalized spacial score (nSPS) is 16.3. The molecule has 3 aromatic carbocycles. The van der Waals surface area contributed by atoms with Gasteiger partial charge in [-0.3, -0.25) is 4.79 Å². The fraction of sp³-hybridized carbons (Fsp3) is 0.125. The number of fused-ring (bicyclic) bond motifs is 1. The first kappa shape index (κ1) is 17.6. The Balaban J connectivity index is 1.72. The molecule has 1 aliphatic rings. The molecule has 0 radical (unpaired) electrons. The maximum atomic E-state index is 13.1. The Morgan fingerprint density at radius 3 is 2.33 bits per heavy atom. The van der Waals surface area contributed by atoms with Gasteiger partial charge in [0, 0.05) is 17.6 Å². The third kappa shape index (κ3) is 3.67. The molecule has 0 bridgehead atoms. The maximum Gasteiger partial charge on any atom is 0.247 e. The second-order valence-corrected chi connectivity index (χ2v) is 7.06. The lowest BCUT2D eigenvalue weighted by Gasteiger charge is -2.37. The van der Waals surface area contributed by atoms with Crippen LogP contribution in [0.4, 0.5) is 0 Å². The summed E-state index contributed by atoms with van der Waals surface area (Å²) in [5.74, 6) is -0.00160. The van der Waals surface area contributed by atoms with Gasteiger partial charge >= 0.3 is 0 Å². The van der Waals surface area contributed by atoms with E-state index < -0.39 is 0 Å². The van der Waals surface area contributed by atoms with Gasteiger partial charge in [0.2, 0.25) is 5.91 Å². The molecule has 0 fully saturated rings. The van der Waals surface area contributed by atoms with E-state index in [0.29, 0.717) is 11.6 Å². The summed E-state index contributed by atoms with van der Waals surface area (Å²) in [6, 6.07) is 25.8. The largest absolute Gasteiger partial charge is 0.328 e. The molecule has 1 aliphatic heterocycles. The Morgan fingerprint density at radius 2 is 1.56 bits per heavy atom. The van der Waals surface area contributed by atoms with Gasteiger partial charge in [-0.05, 0) is 40.8 Å². The number of carbonyl (C=O) groups excluding carboxylic acids is 1. The van der Waals surface area contributed by atoms with Crippen LogP contribution in [0.25, 0.3) is 6.08 Å². The van der Waals surface area contributed by atoms with Gasteiger partial charge in [-0.2, -0.15) is 0 Å². The highest BCUT2D eigenvalue weighted by molar-refractivity contribution is 6.31. The number of benzene rings is 3. The Bertz CT molecular complexity index is 980. The van der Waals surface area contributed by atoms with E-state index in [1.165, 1.54) is 5.56 Å². The van der Waals surface area contributed by atoms with Gasteiger partial charge in [0.05, 0.1) is 6.04 Å². The van der Waals surface area contributed by atoms with Crippen LogP contribution in [0.2, 0.25) is 5.02 Å². The zero-order valence-electron chi connectivity index (χ0n) is 14.9. The van der Waals surface area contributed by atoms with Crippen molar-refractivity contribution in [1.29, 1.82) is 0 Å². The summed E-state index contributed by atoms with van der Waals surface area (Å²) in [5, 5.41) is 0.684. The smallest absolute Gasteiger partial charge is 0.247 e. The van der Waals surface area contributed by atoms with Crippen LogP contribution in [0.1, 0.15) is 28.3 Å². The zero-order chi connectivity index (χ0) is 18.6. The Hall–Kier alpha value is -2.84. The van der Waals surface area contributed by atoms with E-state index in [1.54, 1.807) is 6.08 Å². The molecule has 3 aromatic rings. The van der Waals surface area contributed by atoms with Crippen molar-refractivity contribution >= 4 is 23.6 Å². The number of hydrogen-bond donors (Lipinski definition) is 0. The van der Waals surface area contributed by atoms with Crippen LogP contribution in [-0.4, -0.2) is 17.4 Å². The van der Waals surface area contributed by atoms with Crippen LogP contribution < -0.4 is 0 Å². The fourth-order valence-electron chi connectivity index (χ4n) is 3.66. The molecule has 2 nitrogen and oxygen atoms in total. The van der Waals surface area contributed by atoms with Crippen LogP contribution in [0.3, 0.4) is 0 Å². The number of nitrogens with zero attached hydrogens (tertiary/aromatic N) is 1. The van der Waals surface area contributed by atoms with Crippen molar-refractivity contribution in [3.63, 3.8) is 0 Å². The predicted octanol–water partition coefficient (Wildman–Crippen LogP) is 5.53. The van der Waals surface area contributed by atoms with Crippen LogP contribution in [-0.2, 0) is 11.2 Å². The molecule has 0 saturated carbocycles. The number of hydrogen-bond acceptors (Lipinski definition) is 1. The van der Waals surface area contributed by atoms with Gasteiger partial charge in [0.25, 0.3) is 0 Å². The zero-order valence-corrected chi connectivity index (χ0v) is 15.6. The number of carbonyl (C=O) groups is 1. The second kappa shape index (κ2) is 7.81. The van der Waals surface area contributed by atoms with Crippen molar-refractivity contribution in [3.05, 3.63) is 112 Å². The molecule has 1 atom stereocenters. The third-order valence-electron chi connectivity index (χ3n) is 4.98. The van der Waals surface area contributed by atoms with E-state index in [0.717, 1.165) is 23.1 Å². The molecule has 0 spiro atoms. The summed E-state index contributed by atoms with van der Waals surface area (Å²) >= 11 is 6.51. The standard InChI is InChI=1S/C24H20ClNO/c25-22-13-7-6-12-21(22)24-20-11-5-4-10-19(20)16-17-26(24)23(27)15-14-18-8-2-1-3-9-18/h1-15,24H,16-17H2/b15-14+. The molecule has 4 rings (SSSR count). The van der Waals surface area contributed by atoms with Crippen molar-refractivity contribution in [3.8, 4) is 0 Å². The monoisotopic (exact) mass is 373 g/mol.